The van der Waals surface area contributed by atoms with Crippen LogP contribution in [-0.4, -0.2) is 12.5 Å². The van der Waals surface area contributed by atoms with E-state index in [9.17, 15) is 4.79 Å². The summed E-state index contributed by atoms with van der Waals surface area (Å²) >= 11 is 0. The van der Waals surface area contributed by atoms with Crippen LogP contribution in [-0.2, 0) is 17.8 Å². The molecule has 0 aliphatic rings. The Bertz CT molecular complexity index is 520. The predicted octanol–water partition coefficient (Wildman–Crippen LogP) is 2.54. The van der Waals surface area contributed by atoms with Gasteiger partial charge in [-0.3, -0.25) is 4.79 Å². The third-order valence-corrected chi connectivity index (χ3v) is 2.75. The second kappa shape index (κ2) is 6.64. The minimum Gasteiger partial charge on any atom is -0.483 e. The second-order valence-electron chi connectivity index (χ2n) is 4.11. The van der Waals surface area contributed by atoms with Crippen molar-refractivity contribution >= 4 is 5.91 Å². The lowest BCUT2D eigenvalue weighted by Gasteiger charge is -2.10. The van der Waals surface area contributed by atoms with E-state index in [1.165, 1.54) is 0 Å². The van der Waals surface area contributed by atoms with Crippen LogP contribution < -0.4 is 10.1 Å². The zero-order valence-corrected chi connectivity index (χ0v) is 10.9. The molecule has 0 fully saturated rings. The van der Waals surface area contributed by atoms with Gasteiger partial charge in [0.25, 0.3) is 5.91 Å². The van der Waals surface area contributed by atoms with Crippen molar-refractivity contribution < 1.29 is 13.9 Å². The van der Waals surface area contributed by atoms with Crippen molar-refractivity contribution in [2.45, 2.75) is 19.9 Å². The van der Waals surface area contributed by atoms with Crippen LogP contribution in [0.4, 0.5) is 0 Å². The van der Waals surface area contributed by atoms with Crippen molar-refractivity contribution in [3.63, 3.8) is 0 Å². The lowest BCUT2D eigenvalue weighted by atomic mass is 10.1. The Balaban J connectivity index is 1.80. The maximum absolute atomic E-state index is 11.6. The topological polar surface area (TPSA) is 51.5 Å². The molecule has 2 rings (SSSR count). The fourth-order valence-electron chi connectivity index (χ4n) is 1.73. The van der Waals surface area contributed by atoms with Crippen LogP contribution in [0.15, 0.2) is 47.1 Å². The molecule has 2 aromatic rings. The van der Waals surface area contributed by atoms with Gasteiger partial charge in [0.2, 0.25) is 0 Å². The molecule has 0 saturated heterocycles. The molecule has 4 heteroatoms. The van der Waals surface area contributed by atoms with E-state index in [2.05, 4.69) is 12.2 Å². The zero-order valence-electron chi connectivity index (χ0n) is 10.9. The van der Waals surface area contributed by atoms with Gasteiger partial charge in [-0.15, -0.1) is 0 Å². The highest BCUT2D eigenvalue weighted by Gasteiger charge is 2.06. The number of rotatable bonds is 6. The van der Waals surface area contributed by atoms with E-state index >= 15 is 0 Å². The first-order valence-corrected chi connectivity index (χ1v) is 6.29. The van der Waals surface area contributed by atoms with E-state index in [1.54, 1.807) is 12.3 Å². The average molecular weight is 259 g/mol. The van der Waals surface area contributed by atoms with Crippen LogP contribution in [0, 0.1) is 0 Å². The second-order valence-corrected chi connectivity index (χ2v) is 4.11. The van der Waals surface area contributed by atoms with Gasteiger partial charge in [-0.2, -0.15) is 0 Å². The summed E-state index contributed by atoms with van der Waals surface area (Å²) in [5.74, 6) is 1.32. The van der Waals surface area contributed by atoms with E-state index < -0.39 is 0 Å². The Morgan fingerprint density at radius 1 is 1.26 bits per heavy atom. The van der Waals surface area contributed by atoms with Crippen LogP contribution in [0.3, 0.4) is 0 Å². The van der Waals surface area contributed by atoms with Crippen LogP contribution in [0.2, 0.25) is 0 Å². The minimum atomic E-state index is -0.165. The number of amides is 1. The van der Waals surface area contributed by atoms with E-state index in [4.69, 9.17) is 9.15 Å². The first kappa shape index (κ1) is 13.2. The van der Waals surface area contributed by atoms with Gasteiger partial charge >= 0.3 is 0 Å². The highest BCUT2D eigenvalue weighted by atomic mass is 16.5. The van der Waals surface area contributed by atoms with Gasteiger partial charge in [-0.05, 0) is 30.2 Å². The van der Waals surface area contributed by atoms with Crippen molar-refractivity contribution in [1.82, 2.24) is 5.32 Å². The Morgan fingerprint density at radius 2 is 2.11 bits per heavy atom. The molecule has 0 saturated carbocycles. The number of ether oxygens (including phenoxy) is 1. The van der Waals surface area contributed by atoms with Gasteiger partial charge in [-0.25, -0.2) is 0 Å². The van der Waals surface area contributed by atoms with Gasteiger partial charge < -0.3 is 14.5 Å². The molecule has 0 atom stereocenters. The molecule has 19 heavy (non-hydrogen) atoms. The summed E-state index contributed by atoms with van der Waals surface area (Å²) in [6, 6.07) is 11.3. The Kier molecular flexibility index (Phi) is 4.61. The number of aryl methyl sites for hydroxylation is 1. The van der Waals surface area contributed by atoms with Crippen molar-refractivity contribution in [1.29, 1.82) is 0 Å². The molecule has 100 valence electrons. The molecule has 0 unspecified atom stereocenters. The normalized spacial score (nSPS) is 10.2. The van der Waals surface area contributed by atoms with E-state index in [-0.39, 0.29) is 12.5 Å². The molecule has 0 bridgehead atoms. The highest BCUT2D eigenvalue weighted by molar-refractivity contribution is 5.77. The summed E-state index contributed by atoms with van der Waals surface area (Å²) in [5.41, 5.74) is 1.10. The van der Waals surface area contributed by atoms with Gasteiger partial charge in [0, 0.05) is 0 Å². The number of carbonyl (C=O) groups excluding carboxylic acids is 1. The smallest absolute Gasteiger partial charge is 0.258 e. The van der Waals surface area contributed by atoms with Gasteiger partial charge in [0.05, 0.1) is 12.8 Å². The number of nitrogens with one attached hydrogen (secondary N) is 1. The molecule has 1 heterocycles. The molecule has 0 radical (unpaired) electrons. The van der Waals surface area contributed by atoms with Crippen LogP contribution >= 0.6 is 0 Å². The molecule has 1 N–H and O–H groups in total. The average Bonchev–Trinajstić information content (AvgIpc) is 2.96. The summed E-state index contributed by atoms with van der Waals surface area (Å²) in [4.78, 5) is 11.6. The molecular formula is C15H17NO3. The van der Waals surface area contributed by atoms with Crippen LogP contribution in [0.5, 0.6) is 5.75 Å². The van der Waals surface area contributed by atoms with E-state index in [0.717, 1.165) is 23.5 Å². The molecule has 1 amide bonds. The SMILES string of the molecule is CCc1ccccc1OCC(=O)NCc1ccco1. The zero-order chi connectivity index (χ0) is 13.5. The molecule has 0 aliphatic heterocycles. The number of carbonyl (C=O) groups is 1. The molecule has 0 aliphatic carbocycles. The van der Waals surface area contributed by atoms with E-state index in [1.807, 2.05) is 30.3 Å². The summed E-state index contributed by atoms with van der Waals surface area (Å²) < 4.78 is 10.6. The largest absolute Gasteiger partial charge is 0.483 e. The number of benzene rings is 1. The molecular weight excluding hydrogens is 242 g/mol. The Hall–Kier alpha value is -2.23. The van der Waals surface area contributed by atoms with Crippen molar-refractivity contribution in [2.24, 2.45) is 0 Å². The summed E-state index contributed by atoms with van der Waals surface area (Å²) in [6.07, 6.45) is 2.46. The fourth-order valence-corrected chi connectivity index (χ4v) is 1.73. The lowest BCUT2D eigenvalue weighted by Crippen LogP contribution is -2.28. The standard InChI is InChI=1S/C15H17NO3/c1-2-12-6-3-4-8-14(12)19-11-15(17)16-10-13-7-5-9-18-13/h3-9H,2,10-11H2,1H3,(H,16,17). The number of para-hydroxylation sites is 1. The quantitative estimate of drug-likeness (QED) is 0.867. The van der Waals surface area contributed by atoms with Crippen LogP contribution in [0.1, 0.15) is 18.2 Å². The van der Waals surface area contributed by atoms with Gasteiger partial charge in [0.1, 0.15) is 11.5 Å². The summed E-state index contributed by atoms with van der Waals surface area (Å²) in [7, 11) is 0. The third-order valence-electron chi connectivity index (χ3n) is 2.75. The van der Waals surface area contributed by atoms with Gasteiger partial charge in [0.15, 0.2) is 6.61 Å². The minimum absolute atomic E-state index is 0.0116. The first-order valence-electron chi connectivity index (χ1n) is 6.29. The van der Waals surface area contributed by atoms with Crippen molar-refractivity contribution in [2.75, 3.05) is 6.61 Å². The third kappa shape index (κ3) is 3.88. The van der Waals surface area contributed by atoms with E-state index in [0.29, 0.717) is 6.54 Å². The number of furan rings is 1. The maximum Gasteiger partial charge on any atom is 0.258 e. The number of hydrogen-bond donors (Lipinski definition) is 1. The Morgan fingerprint density at radius 3 is 2.84 bits per heavy atom. The first-order chi connectivity index (χ1) is 9.29. The van der Waals surface area contributed by atoms with Crippen molar-refractivity contribution in [3.05, 3.63) is 54.0 Å². The summed E-state index contributed by atoms with van der Waals surface area (Å²) in [5, 5.41) is 2.74. The lowest BCUT2D eigenvalue weighted by molar-refractivity contribution is -0.123. The molecule has 4 nitrogen and oxygen atoms in total. The van der Waals surface area contributed by atoms with Gasteiger partial charge in [-0.1, -0.05) is 25.1 Å². The van der Waals surface area contributed by atoms with Crippen LogP contribution in [0.25, 0.3) is 0 Å². The predicted molar refractivity (Wildman–Crippen MR) is 71.9 cm³/mol. The highest BCUT2D eigenvalue weighted by Crippen LogP contribution is 2.17. The Labute approximate surface area is 112 Å². The number of hydrogen-bond acceptors (Lipinski definition) is 3. The molecule has 1 aromatic carbocycles. The maximum atomic E-state index is 11.6. The van der Waals surface area contributed by atoms with Crippen molar-refractivity contribution in [3.8, 4) is 5.75 Å². The molecule has 0 spiro atoms. The summed E-state index contributed by atoms with van der Waals surface area (Å²) in [6.45, 7) is 2.45. The monoisotopic (exact) mass is 259 g/mol. The molecule has 1 aromatic heterocycles. The fraction of sp³-hybridized carbons (Fsp3) is 0.267.